The van der Waals surface area contributed by atoms with Crippen LogP contribution in [0.5, 0.6) is 0 Å². The van der Waals surface area contributed by atoms with Crippen LogP contribution in [0.15, 0.2) is 16.5 Å². The van der Waals surface area contributed by atoms with Crippen LogP contribution in [0, 0.1) is 0 Å². The number of aliphatic carboxylic acids is 1. The Morgan fingerprint density at radius 3 is 2.74 bits per heavy atom. The Bertz CT molecular complexity index is 413. The van der Waals surface area contributed by atoms with E-state index < -0.39 is 5.97 Å². The van der Waals surface area contributed by atoms with E-state index in [4.69, 9.17) is 4.42 Å². The van der Waals surface area contributed by atoms with Gasteiger partial charge in [-0.1, -0.05) is 26.2 Å². The van der Waals surface area contributed by atoms with Crippen LogP contribution in [0.2, 0.25) is 0 Å². The number of nitrogens with zero attached hydrogens (tertiary/aromatic N) is 1. The largest absolute Gasteiger partial charge is 0.480 e. The van der Waals surface area contributed by atoms with Crippen LogP contribution in [0.25, 0.3) is 0 Å². The quantitative estimate of drug-likeness (QED) is 0.909. The van der Waals surface area contributed by atoms with Gasteiger partial charge in [-0.05, 0) is 31.5 Å². The standard InChI is InChI=1S/C15H23NO3/c1-2-12-8-9-13(19-12)11-16-10-6-4-3-5-7-14(16)15(17)18/h8-9,14H,2-7,10-11H2,1H3,(H,17,18). The van der Waals surface area contributed by atoms with Crippen molar-refractivity contribution < 1.29 is 14.3 Å². The number of hydrogen-bond donors (Lipinski definition) is 1. The van der Waals surface area contributed by atoms with Crippen LogP contribution in [-0.2, 0) is 17.8 Å². The molecule has 0 saturated carbocycles. The second kappa shape index (κ2) is 6.75. The summed E-state index contributed by atoms with van der Waals surface area (Å²) in [5.41, 5.74) is 0. The fourth-order valence-electron chi connectivity index (χ4n) is 2.71. The van der Waals surface area contributed by atoms with E-state index in [9.17, 15) is 9.90 Å². The van der Waals surface area contributed by atoms with Gasteiger partial charge in [0.15, 0.2) is 0 Å². The number of carboxylic acids is 1. The maximum Gasteiger partial charge on any atom is 0.320 e. The second-order valence-electron chi connectivity index (χ2n) is 5.25. The molecular formula is C15H23NO3. The lowest BCUT2D eigenvalue weighted by Gasteiger charge is -2.29. The molecule has 106 valence electrons. The van der Waals surface area contributed by atoms with Crippen molar-refractivity contribution in [3.05, 3.63) is 23.7 Å². The van der Waals surface area contributed by atoms with Gasteiger partial charge in [0.1, 0.15) is 17.6 Å². The Labute approximate surface area is 114 Å². The number of hydrogen-bond acceptors (Lipinski definition) is 3. The zero-order chi connectivity index (χ0) is 13.7. The molecule has 0 aromatic carbocycles. The summed E-state index contributed by atoms with van der Waals surface area (Å²) in [7, 11) is 0. The monoisotopic (exact) mass is 265 g/mol. The van der Waals surface area contributed by atoms with Crippen LogP contribution >= 0.6 is 0 Å². The summed E-state index contributed by atoms with van der Waals surface area (Å²) in [6.45, 7) is 3.51. The van der Waals surface area contributed by atoms with Gasteiger partial charge in [-0.25, -0.2) is 0 Å². The number of aryl methyl sites for hydroxylation is 1. The van der Waals surface area contributed by atoms with E-state index in [1.165, 1.54) is 6.42 Å². The molecule has 1 fully saturated rings. The highest BCUT2D eigenvalue weighted by Gasteiger charge is 2.26. The van der Waals surface area contributed by atoms with Crippen molar-refractivity contribution in [2.45, 2.75) is 58.0 Å². The molecule has 1 saturated heterocycles. The third kappa shape index (κ3) is 3.83. The summed E-state index contributed by atoms with van der Waals surface area (Å²) in [6.07, 6.45) is 6.05. The normalized spacial score (nSPS) is 21.8. The van der Waals surface area contributed by atoms with Gasteiger partial charge in [0.05, 0.1) is 6.54 Å². The van der Waals surface area contributed by atoms with Crippen LogP contribution in [0.1, 0.15) is 50.5 Å². The predicted octanol–water partition coefficient (Wildman–Crippen LogP) is 3.06. The summed E-state index contributed by atoms with van der Waals surface area (Å²) in [6, 6.07) is 3.58. The lowest BCUT2D eigenvalue weighted by Crippen LogP contribution is -2.42. The van der Waals surface area contributed by atoms with Gasteiger partial charge in [-0.15, -0.1) is 0 Å². The van der Waals surface area contributed by atoms with Crippen LogP contribution in [0.4, 0.5) is 0 Å². The molecule has 4 heteroatoms. The molecule has 1 aliphatic rings. The summed E-state index contributed by atoms with van der Waals surface area (Å²) >= 11 is 0. The highest BCUT2D eigenvalue weighted by Crippen LogP contribution is 2.20. The van der Waals surface area contributed by atoms with Crippen molar-refractivity contribution in [3.8, 4) is 0 Å². The fourth-order valence-corrected chi connectivity index (χ4v) is 2.71. The molecule has 1 aromatic heterocycles. The van der Waals surface area contributed by atoms with E-state index in [1.54, 1.807) is 0 Å². The van der Waals surface area contributed by atoms with E-state index in [0.717, 1.165) is 50.2 Å². The van der Waals surface area contributed by atoms with Gasteiger partial charge >= 0.3 is 5.97 Å². The lowest BCUT2D eigenvalue weighted by atomic mass is 10.0. The van der Waals surface area contributed by atoms with Crippen LogP contribution in [-0.4, -0.2) is 28.6 Å². The number of carboxylic acid groups (broad SMARTS) is 1. The molecule has 19 heavy (non-hydrogen) atoms. The minimum absolute atomic E-state index is 0.365. The van der Waals surface area contributed by atoms with E-state index in [2.05, 4.69) is 11.8 Å². The number of rotatable bonds is 4. The van der Waals surface area contributed by atoms with Crippen LogP contribution in [0.3, 0.4) is 0 Å². The van der Waals surface area contributed by atoms with Crippen molar-refractivity contribution >= 4 is 5.97 Å². The average molecular weight is 265 g/mol. The van der Waals surface area contributed by atoms with Crippen molar-refractivity contribution in [3.63, 3.8) is 0 Å². The van der Waals surface area contributed by atoms with Gasteiger partial charge in [-0.2, -0.15) is 0 Å². The van der Waals surface area contributed by atoms with E-state index >= 15 is 0 Å². The molecule has 1 unspecified atom stereocenters. The first-order valence-corrected chi connectivity index (χ1v) is 7.25. The molecule has 1 N–H and O–H groups in total. The molecule has 0 amide bonds. The summed E-state index contributed by atoms with van der Waals surface area (Å²) in [5.74, 6) is 1.14. The highest BCUT2D eigenvalue weighted by molar-refractivity contribution is 5.73. The number of furan rings is 1. The van der Waals surface area contributed by atoms with E-state index in [0.29, 0.717) is 6.54 Å². The SMILES string of the molecule is CCc1ccc(CN2CCCCCCC2C(=O)O)o1. The molecular weight excluding hydrogens is 242 g/mol. The Morgan fingerprint density at radius 2 is 2.05 bits per heavy atom. The predicted molar refractivity (Wildman–Crippen MR) is 73.0 cm³/mol. The molecule has 1 aromatic rings. The van der Waals surface area contributed by atoms with E-state index in [1.807, 2.05) is 12.1 Å². The molecule has 4 nitrogen and oxygen atoms in total. The Kier molecular flexibility index (Phi) is 5.02. The molecule has 0 bridgehead atoms. The van der Waals surface area contributed by atoms with Gasteiger partial charge in [0.25, 0.3) is 0 Å². The zero-order valence-corrected chi connectivity index (χ0v) is 11.6. The van der Waals surface area contributed by atoms with Crippen molar-refractivity contribution in [2.24, 2.45) is 0 Å². The molecule has 2 heterocycles. The third-order valence-corrected chi connectivity index (χ3v) is 3.82. The van der Waals surface area contributed by atoms with Gasteiger partial charge in [-0.3, -0.25) is 9.69 Å². The Hall–Kier alpha value is -1.29. The molecule has 1 atom stereocenters. The molecule has 0 spiro atoms. The van der Waals surface area contributed by atoms with Gasteiger partial charge in [0, 0.05) is 6.42 Å². The maximum atomic E-state index is 11.4. The highest BCUT2D eigenvalue weighted by atomic mass is 16.4. The van der Waals surface area contributed by atoms with Gasteiger partial charge < -0.3 is 9.52 Å². The first kappa shape index (κ1) is 14.1. The second-order valence-corrected chi connectivity index (χ2v) is 5.25. The van der Waals surface area contributed by atoms with Crippen molar-refractivity contribution in [1.29, 1.82) is 0 Å². The molecule has 1 aliphatic heterocycles. The zero-order valence-electron chi connectivity index (χ0n) is 11.6. The smallest absolute Gasteiger partial charge is 0.320 e. The maximum absolute atomic E-state index is 11.4. The molecule has 0 radical (unpaired) electrons. The van der Waals surface area contributed by atoms with Gasteiger partial charge in [0.2, 0.25) is 0 Å². The van der Waals surface area contributed by atoms with E-state index in [-0.39, 0.29) is 6.04 Å². The van der Waals surface area contributed by atoms with Crippen molar-refractivity contribution in [1.82, 2.24) is 4.90 Å². The third-order valence-electron chi connectivity index (χ3n) is 3.82. The summed E-state index contributed by atoms with van der Waals surface area (Å²) in [4.78, 5) is 13.5. The topological polar surface area (TPSA) is 53.7 Å². The summed E-state index contributed by atoms with van der Waals surface area (Å²) < 4.78 is 5.70. The minimum atomic E-state index is -0.704. The molecule has 2 rings (SSSR count). The number of likely N-dealkylation sites (tertiary alicyclic amines) is 1. The Morgan fingerprint density at radius 1 is 1.32 bits per heavy atom. The lowest BCUT2D eigenvalue weighted by molar-refractivity contribution is -0.144. The first-order chi connectivity index (χ1) is 9.20. The number of carbonyl (C=O) groups is 1. The minimum Gasteiger partial charge on any atom is -0.480 e. The van der Waals surface area contributed by atoms with Crippen LogP contribution < -0.4 is 0 Å². The van der Waals surface area contributed by atoms with Crippen molar-refractivity contribution in [2.75, 3.05) is 6.54 Å². The first-order valence-electron chi connectivity index (χ1n) is 7.25. The Balaban J connectivity index is 2.05. The fraction of sp³-hybridized carbons (Fsp3) is 0.667. The summed E-state index contributed by atoms with van der Waals surface area (Å²) in [5, 5.41) is 9.38. The average Bonchev–Trinajstić information content (AvgIpc) is 2.80. The molecule has 0 aliphatic carbocycles.